The molecule has 2 unspecified atom stereocenters. The number of allylic oxidation sites excluding steroid dienone is 14. The summed E-state index contributed by atoms with van der Waals surface area (Å²) in [4.78, 5) is 0. The van der Waals surface area contributed by atoms with E-state index in [4.69, 9.17) is 0 Å². The van der Waals surface area contributed by atoms with Crippen molar-refractivity contribution >= 4 is 39.7 Å². The van der Waals surface area contributed by atoms with Crippen molar-refractivity contribution in [3.8, 4) is 0 Å². The van der Waals surface area contributed by atoms with Crippen LogP contribution >= 0.6 is 23.5 Å². The number of rotatable bonds is 10. The summed E-state index contributed by atoms with van der Waals surface area (Å²) in [6.45, 7) is 29.1. The van der Waals surface area contributed by atoms with Gasteiger partial charge in [0.15, 0.2) is 0 Å². The van der Waals surface area contributed by atoms with Gasteiger partial charge in [0.1, 0.15) is 0 Å². The van der Waals surface area contributed by atoms with Crippen LogP contribution in [-0.4, -0.2) is 36.4 Å². The molecule has 2 atom stereocenters. The molecular weight excluding hydrogens is 767 g/mol. The average Bonchev–Trinajstić information content (AvgIpc) is 3.70. The molecule has 0 spiro atoms. The maximum absolute atomic E-state index is 3.67. The smallest absolute Gasteiger partial charge is 1.00 e. The maximum Gasteiger partial charge on any atom is 2.00 e. The van der Waals surface area contributed by atoms with Crippen molar-refractivity contribution < 1.29 is 68.2 Å². The van der Waals surface area contributed by atoms with E-state index >= 15 is 0 Å². The van der Waals surface area contributed by atoms with Crippen LogP contribution in [0.2, 0.25) is 26.2 Å². The zero-order valence-corrected chi connectivity index (χ0v) is 40.3. The van der Waals surface area contributed by atoms with Crippen LogP contribution in [0, 0.1) is 23.0 Å². The fourth-order valence-corrected chi connectivity index (χ4v) is 20.8. The van der Waals surface area contributed by atoms with Gasteiger partial charge in [0.2, 0.25) is 0 Å². The van der Waals surface area contributed by atoms with E-state index < -0.39 is 16.1 Å². The van der Waals surface area contributed by atoms with Gasteiger partial charge in [0.05, 0.1) is 16.1 Å². The summed E-state index contributed by atoms with van der Waals surface area (Å²) in [6.07, 6.45) is 37.7. The number of halogens is 2. The normalized spacial score (nSPS) is 23.2. The molecule has 0 bridgehead atoms. The number of hydrogen-bond donors (Lipinski definition) is 0. The second-order valence-corrected chi connectivity index (χ2v) is 28.7. The Bertz CT molecular complexity index is 1180. The Labute approximate surface area is 350 Å². The van der Waals surface area contributed by atoms with Crippen LogP contribution in [0.25, 0.3) is 0 Å². The van der Waals surface area contributed by atoms with Gasteiger partial charge in [-0.05, 0) is 48.0 Å². The van der Waals surface area contributed by atoms with Crippen LogP contribution in [0.4, 0.5) is 0 Å². The summed E-state index contributed by atoms with van der Waals surface area (Å²) < 4.78 is 0.542. The quantitative estimate of drug-likeness (QED) is 0.181. The first-order valence-electron chi connectivity index (χ1n) is 17.1. The van der Waals surface area contributed by atoms with Gasteiger partial charge < -0.3 is 24.8 Å². The van der Waals surface area contributed by atoms with Crippen molar-refractivity contribution in [3.63, 3.8) is 0 Å². The molecule has 4 rings (SSSR count). The van der Waals surface area contributed by atoms with E-state index in [9.17, 15) is 0 Å². The van der Waals surface area contributed by atoms with Crippen molar-refractivity contribution in [2.75, 3.05) is 11.5 Å². The van der Waals surface area contributed by atoms with Crippen LogP contribution < -0.4 is 24.8 Å². The Morgan fingerprint density at radius 2 is 0.958 bits per heavy atom. The Morgan fingerprint density at radius 3 is 1.21 bits per heavy atom. The molecule has 0 fully saturated rings. The van der Waals surface area contributed by atoms with Crippen molar-refractivity contribution in [1.82, 2.24) is 0 Å². The summed E-state index contributed by atoms with van der Waals surface area (Å²) in [7, 11) is -3.34. The molecule has 8 heteroatoms. The zero-order valence-electron chi connectivity index (χ0n) is 32.0. The molecule has 0 radical (unpaired) electrons. The third-order valence-electron chi connectivity index (χ3n) is 9.96. The van der Waals surface area contributed by atoms with Crippen LogP contribution in [-0.2, 0) is 43.4 Å². The van der Waals surface area contributed by atoms with Crippen LogP contribution in [0.3, 0.4) is 0 Å². The molecule has 0 N–H and O–H groups in total. The predicted molar refractivity (Wildman–Crippen MR) is 210 cm³/mol. The minimum absolute atomic E-state index is 0. The van der Waals surface area contributed by atoms with E-state index in [0.29, 0.717) is 0 Å². The molecule has 4 aliphatic rings. The van der Waals surface area contributed by atoms with Crippen molar-refractivity contribution in [2.24, 2.45) is 10.8 Å². The Hall–Kier alpha value is 1.06. The van der Waals surface area contributed by atoms with E-state index in [2.05, 4.69) is 178 Å². The first-order valence-corrected chi connectivity index (χ1v) is 25.1. The van der Waals surface area contributed by atoms with Gasteiger partial charge in [-0.15, -0.1) is 12.8 Å². The summed E-state index contributed by atoms with van der Waals surface area (Å²) in [5, 5.41) is 3.06. The molecule has 0 saturated carbocycles. The number of thioether (sulfide) groups is 2. The van der Waals surface area contributed by atoms with Crippen molar-refractivity contribution in [1.29, 1.82) is 0 Å². The van der Waals surface area contributed by atoms with E-state index in [1.165, 1.54) is 47.6 Å². The van der Waals surface area contributed by atoms with Gasteiger partial charge in [0.25, 0.3) is 0 Å². The fraction of sp³-hybridized carbons (Fsp3) is 0.600. The Morgan fingerprint density at radius 1 is 0.625 bits per heavy atom. The van der Waals surface area contributed by atoms with Gasteiger partial charge in [-0.3, -0.25) is 12.2 Å². The molecule has 0 amide bonds. The zero-order chi connectivity index (χ0) is 32.9. The minimum atomic E-state index is -1.67. The van der Waals surface area contributed by atoms with Gasteiger partial charge in [-0.1, -0.05) is 129 Å². The summed E-state index contributed by atoms with van der Waals surface area (Å²) in [5.41, 5.74) is 3.73. The van der Waals surface area contributed by atoms with E-state index in [-0.39, 0.29) is 87.8 Å². The third-order valence-corrected chi connectivity index (χ3v) is 25.2. The molecule has 0 nitrogen and oxygen atoms in total. The van der Waals surface area contributed by atoms with Gasteiger partial charge in [0, 0.05) is 8.74 Å². The molecule has 0 aromatic rings. The molecule has 0 saturated heterocycles. The van der Waals surface area contributed by atoms with Gasteiger partial charge in [-0.2, -0.15) is 35.7 Å². The molecule has 0 aromatic carbocycles. The molecule has 264 valence electrons. The maximum atomic E-state index is 3.67. The fourth-order valence-electron chi connectivity index (χ4n) is 7.47. The first kappa shape index (κ1) is 51.2. The molecule has 0 aromatic heterocycles. The topological polar surface area (TPSA) is 0 Å². The average molecular weight is 830 g/mol. The minimum Gasteiger partial charge on any atom is -1.00 e. The Kier molecular flexibility index (Phi) is 22.5. The van der Waals surface area contributed by atoms with E-state index in [1.54, 1.807) is 11.1 Å². The molecule has 4 aliphatic carbocycles. The number of hydrogen-bond acceptors (Lipinski definition) is 2. The molecular formula is C40H62Cl2S2Si2Ti2. The predicted octanol–water partition coefficient (Wildman–Crippen LogP) is 6.56. The summed E-state index contributed by atoms with van der Waals surface area (Å²) in [6, 6.07) is 0. The van der Waals surface area contributed by atoms with Gasteiger partial charge >= 0.3 is 43.4 Å². The third kappa shape index (κ3) is 11.0. The van der Waals surface area contributed by atoms with Crippen LogP contribution in [0.5, 0.6) is 0 Å². The monoisotopic (exact) mass is 828 g/mol. The van der Waals surface area contributed by atoms with Gasteiger partial charge in [-0.25, -0.2) is 22.5 Å². The Balaban J connectivity index is 0. The van der Waals surface area contributed by atoms with Crippen molar-refractivity contribution in [2.45, 2.75) is 129 Å². The second kappa shape index (κ2) is 21.1. The van der Waals surface area contributed by atoms with Crippen molar-refractivity contribution in [3.05, 3.63) is 94.5 Å². The van der Waals surface area contributed by atoms with Crippen LogP contribution in [0.1, 0.15) is 93.9 Å². The first-order chi connectivity index (χ1) is 20.5. The standard InChI is InChI=1S/2C20H31SSi.2ClH.2Ti/c2*1-7-16-21-20(22(5,6)17-12-8-9-13-17)15-11-10-14-18(20)19(2,3)4;;;;/h2*8,10-12,14H,7,9,15-16H2,1-6H3;2*1H;;/q2*-1;;;2*+2/p-2. The summed E-state index contributed by atoms with van der Waals surface area (Å²) in [5.74, 6) is 2.49. The summed E-state index contributed by atoms with van der Waals surface area (Å²) >= 11 is 4.44. The SMILES string of the molecule is CCCSC1([Si](C)(C)C2=[C-]CC=C2)CC=CC=C1C(C)(C)C.CCCSC1([Si](C)(C)C2=[C-]CC=C2)CC=CC=C1C(C)(C)C.[Cl-].[Cl-].[Ti+2].[Ti+2]. The largest absolute Gasteiger partial charge is 2.00 e. The van der Waals surface area contributed by atoms with E-state index in [1.807, 2.05) is 0 Å². The van der Waals surface area contributed by atoms with E-state index in [0.717, 1.165) is 12.8 Å². The second-order valence-electron chi connectivity index (χ2n) is 15.9. The molecule has 0 heterocycles. The molecule has 48 heavy (non-hydrogen) atoms. The molecule has 0 aliphatic heterocycles. The van der Waals surface area contributed by atoms with Crippen LogP contribution in [0.15, 0.2) is 82.3 Å².